The Labute approximate surface area is 216 Å². The number of aryl methyl sites for hydroxylation is 1. The maximum Gasteiger partial charge on any atom is 0.387 e. The van der Waals surface area contributed by atoms with Crippen LogP contribution < -0.4 is 14.9 Å². The summed E-state index contributed by atoms with van der Waals surface area (Å²) in [5.41, 5.74) is 3.94. The van der Waals surface area contributed by atoms with Crippen LogP contribution >= 0.6 is 0 Å². The van der Waals surface area contributed by atoms with Crippen molar-refractivity contribution in [2.75, 3.05) is 7.05 Å². The smallest absolute Gasteiger partial charge is 0.387 e. The second kappa shape index (κ2) is 12.5. The molecule has 38 heavy (non-hydrogen) atoms. The number of sulfonamides is 1. The molecule has 0 aliphatic carbocycles. The third kappa shape index (κ3) is 7.76. The molecule has 0 aromatic heterocycles. The predicted octanol–water partition coefficient (Wildman–Crippen LogP) is 4.78. The number of nitrogens with zero attached hydrogens (tertiary/aromatic N) is 2. The largest absolute Gasteiger partial charge is 0.435 e. The first-order valence-corrected chi connectivity index (χ1v) is 12.4. The number of hydrazone groups is 1. The summed E-state index contributed by atoms with van der Waals surface area (Å²) in [6, 6.07) is 15.7. The molecule has 0 aliphatic rings. The lowest BCUT2D eigenvalue weighted by molar-refractivity contribution is -0.0543. The van der Waals surface area contributed by atoms with E-state index in [1.165, 1.54) is 35.6 Å². The molecule has 0 aliphatic heterocycles. The number of nitrogens with one attached hydrogen (secondary N) is 1. The fourth-order valence-electron chi connectivity index (χ4n) is 3.21. The molecule has 0 saturated heterocycles. The number of carbonyl (C=O) groups is 1. The van der Waals surface area contributed by atoms with E-state index in [2.05, 4.69) is 20.0 Å². The van der Waals surface area contributed by atoms with E-state index in [4.69, 9.17) is 0 Å². The number of hydrogen-bond acceptors (Lipinski definition) is 6. The van der Waals surface area contributed by atoms with Crippen LogP contribution in [0.1, 0.15) is 27.0 Å². The number of hydrogen-bond donors (Lipinski definition) is 1. The van der Waals surface area contributed by atoms with Gasteiger partial charge in [0.25, 0.3) is 5.91 Å². The quantitative estimate of drug-likeness (QED) is 0.209. The average Bonchev–Trinajstić information content (AvgIpc) is 2.85. The van der Waals surface area contributed by atoms with Gasteiger partial charge in [0.05, 0.1) is 11.1 Å². The second-order valence-corrected chi connectivity index (χ2v) is 9.97. The molecule has 0 atom stereocenters. The lowest BCUT2D eigenvalue weighted by atomic mass is 10.1. The van der Waals surface area contributed by atoms with E-state index in [1.54, 1.807) is 24.3 Å². The highest BCUT2D eigenvalue weighted by molar-refractivity contribution is 7.89. The van der Waals surface area contributed by atoms with Crippen molar-refractivity contribution in [1.82, 2.24) is 9.73 Å². The zero-order valence-corrected chi connectivity index (χ0v) is 21.0. The first kappa shape index (κ1) is 28.6. The molecule has 3 aromatic carbocycles. The number of carbonyl (C=O) groups excluding carboxylic acids is 1. The molecule has 0 fully saturated rings. The minimum absolute atomic E-state index is 0.0274. The molecule has 1 N–H and O–H groups in total. The molecular weight excluding hydrogens is 530 g/mol. The van der Waals surface area contributed by atoms with Gasteiger partial charge in [-0.1, -0.05) is 29.8 Å². The van der Waals surface area contributed by atoms with Crippen molar-refractivity contribution in [2.45, 2.75) is 31.6 Å². The van der Waals surface area contributed by atoms with E-state index in [9.17, 15) is 30.8 Å². The Kier molecular flexibility index (Phi) is 9.42. The van der Waals surface area contributed by atoms with E-state index in [0.717, 1.165) is 30.0 Å². The predicted molar refractivity (Wildman–Crippen MR) is 131 cm³/mol. The molecule has 13 heteroatoms. The van der Waals surface area contributed by atoms with Crippen molar-refractivity contribution in [3.05, 3.63) is 89.0 Å². The Morgan fingerprint density at radius 2 is 1.61 bits per heavy atom. The summed E-state index contributed by atoms with van der Waals surface area (Å²) in [5.74, 6) is -1.51. The van der Waals surface area contributed by atoms with Gasteiger partial charge >= 0.3 is 13.2 Å². The third-order valence-corrected chi connectivity index (χ3v) is 6.96. The van der Waals surface area contributed by atoms with Gasteiger partial charge in [0.1, 0.15) is 11.5 Å². The van der Waals surface area contributed by atoms with Gasteiger partial charge in [-0.2, -0.15) is 27.0 Å². The molecule has 0 saturated carbocycles. The van der Waals surface area contributed by atoms with Crippen molar-refractivity contribution in [2.24, 2.45) is 5.10 Å². The minimum Gasteiger partial charge on any atom is -0.435 e. The van der Waals surface area contributed by atoms with E-state index in [1.807, 2.05) is 6.92 Å². The molecule has 0 unspecified atom stereocenters. The molecule has 0 heterocycles. The number of rotatable bonds is 11. The van der Waals surface area contributed by atoms with Crippen LogP contribution in [-0.2, 0) is 16.6 Å². The Morgan fingerprint density at radius 3 is 2.21 bits per heavy atom. The van der Waals surface area contributed by atoms with E-state index >= 15 is 0 Å². The van der Waals surface area contributed by atoms with Crippen molar-refractivity contribution in [1.29, 1.82) is 0 Å². The Bertz CT molecular complexity index is 1380. The monoisotopic (exact) mass is 553 g/mol. The molecule has 3 rings (SSSR count). The fraction of sp³-hybridized carbons (Fsp3) is 0.200. The summed E-state index contributed by atoms with van der Waals surface area (Å²) in [4.78, 5) is 12.6. The number of ether oxygens (including phenoxy) is 2. The van der Waals surface area contributed by atoms with Crippen LogP contribution in [-0.4, -0.2) is 45.1 Å². The van der Waals surface area contributed by atoms with Gasteiger partial charge in [-0.15, -0.1) is 0 Å². The topological polar surface area (TPSA) is 97.3 Å². The normalized spacial score (nSPS) is 11.9. The molecule has 0 radical (unpaired) electrons. The maximum absolute atomic E-state index is 12.8. The molecular formula is C25H23F4N3O5S. The van der Waals surface area contributed by atoms with Crippen molar-refractivity contribution < 1.29 is 40.2 Å². The molecule has 1 amide bonds. The van der Waals surface area contributed by atoms with E-state index in [0.29, 0.717) is 5.56 Å². The maximum atomic E-state index is 12.8. The van der Waals surface area contributed by atoms with E-state index < -0.39 is 40.7 Å². The third-order valence-electron chi connectivity index (χ3n) is 5.15. The Hall–Kier alpha value is -3.97. The minimum atomic E-state index is -3.71. The first-order chi connectivity index (χ1) is 18.0. The molecule has 3 aromatic rings. The highest BCUT2D eigenvalue weighted by Gasteiger charge is 2.21. The van der Waals surface area contributed by atoms with Crippen LogP contribution in [0.25, 0.3) is 0 Å². The molecule has 0 spiro atoms. The lowest BCUT2D eigenvalue weighted by Gasteiger charge is -2.17. The van der Waals surface area contributed by atoms with Gasteiger partial charge in [0.2, 0.25) is 10.0 Å². The second-order valence-electron chi connectivity index (χ2n) is 7.93. The highest BCUT2D eigenvalue weighted by atomic mass is 32.2. The van der Waals surface area contributed by atoms with Gasteiger partial charge in [-0.05, 0) is 48.9 Å². The summed E-state index contributed by atoms with van der Waals surface area (Å²) in [6.07, 6.45) is 1.00. The van der Waals surface area contributed by atoms with Gasteiger partial charge < -0.3 is 9.47 Å². The number of amides is 1. The number of benzene rings is 3. The highest BCUT2D eigenvalue weighted by Crippen LogP contribution is 2.26. The summed E-state index contributed by atoms with van der Waals surface area (Å²) < 4.78 is 85.3. The Morgan fingerprint density at radius 1 is 0.974 bits per heavy atom. The summed E-state index contributed by atoms with van der Waals surface area (Å²) in [5, 5.41) is 3.69. The van der Waals surface area contributed by atoms with Crippen LogP contribution in [0, 0.1) is 6.92 Å². The van der Waals surface area contributed by atoms with Gasteiger partial charge in [-0.3, -0.25) is 4.79 Å². The standard InChI is InChI=1S/C25H23F4N3O5S/c1-16-3-11-21(12-4-16)38(34,35)32(2)15-17-5-7-18(8-6-17)23(33)31-30-14-19-9-10-20(36-24(26)27)13-22(19)37-25(28)29/h3-14,24-25H,15H2,1-2H3,(H,31,33)/b30-14-. The molecule has 202 valence electrons. The van der Waals surface area contributed by atoms with Crippen molar-refractivity contribution >= 4 is 22.1 Å². The van der Waals surface area contributed by atoms with Crippen LogP contribution in [0.3, 0.4) is 0 Å². The number of alkyl halides is 4. The molecule has 8 nitrogen and oxygen atoms in total. The van der Waals surface area contributed by atoms with Gasteiger partial charge in [0, 0.05) is 30.8 Å². The van der Waals surface area contributed by atoms with Crippen molar-refractivity contribution in [3.8, 4) is 11.5 Å². The van der Waals surface area contributed by atoms with Crippen LogP contribution in [0.5, 0.6) is 11.5 Å². The van der Waals surface area contributed by atoms with Crippen LogP contribution in [0.4, 0.5) is 17.6 Å². The van der Waals surface area contributed by atoms with Crippen LogP contribution in [0.2, 0.25) is 0 Å². The van der Waals surface area contributed by atoms with Gasteiger partial charge in [0.15, 0.2) is 0 Å². The first-order valence-electron chi connectivity index (χ1n) is 10.9. The van der Waals surface area contributed by atoms with Crippen LogP contribution in [0.15, 0.2) is 76.7 Å². The van der Waals surface area contributed by atoms with Gasteiger partial charge in [-0.25, -0.2) is 13.8 Å². The Balaban J connectivity index is 1.64. The lowest BCUT2D eigenvalue weighted by Crippen LogP contribution is -2.26. The summed E-state index contributed by atoms with van der Waals surface area (Å²) in [6.45, 7) is -4.47. The van der Waals surface area contributed by atoms with Crippen molar-refractivity contribution in [3.63, 3.8) is 0 Å². The zero-order chi connectivity index (χ0) is 27.9. The van der Waals surface area contributed by atoms with E-state index in [-0.39, 0.29) is 22.6 Å². The summed E-state index contributed by atoms with van der Waals surface area (Å²) in [7, 11) is -2.26. The zero-order valence-electron chi connectivity index (χ0n) is 20.1. The average molecular weight is 554 g/mol. The number of halogens is 4. The molecule has 0 bridgehead atoms. The summed E-state index contributed by atoms with van der Waals surface area (Å²) >= 11 is 0. The fourth-order valence-corrected chi connectivity index (χ4v) is 4.37. The SMILES string of the molecule is Cc1ccc(S(=O)(=O)N(C)Cc2ccc(C(=O)N/N=C\c3ccc(OC(F)F)cc3OC(F)F)cc2)cc1.